The molecule has 122 valence electrons. The van der Waals surface area contributed by atoms with E-state index in [1.54, 1.807) is 13.3 Å². The molecule has 2 atom stereocenters. The van der Waals surface area contributed by atoms with Gasteiger partial charge in [0.2, 0.25) is 5.91 Å². The fourth-order valence-corrected chi connectivity index (χ4v) is 2.65. The number of methoxy groups -OCH3 is 1. The number of nitrogens with one attached hydrogen (secondary N) is 1. The second-order valence-electron chi connectivity index (χ2n) is 5.48. The van der Waals surface area contributed by atoms with E-state index in [0.29, 0.717) is 13.2 Å². The van der Waals surface area contributed by atoms with Crippen molar-refractivity contribution in [3.63, 3.8) is 0 Å². The van der Waals surface area contributed by atoms with Crippen LogP contribution in [0.25, 0.3) is 11.3 Å². The standard InChI is InChI=1S/C16H20N4O3/c1-22-15-7-8-23-11-14(15)17-16(21)10-20-9-13(18-19-20)12-5-3-2-4-6-12/h2-6,9,14-15H,7-8,10-11H2,1H3,(H,17,21)/t14-,15-/m1/s1. The second-order valence-corrected chi connectivity index (χ2v) is 5.48. The Morgan fingerprint density at radius 1 is 1.43 bits per heavy atom. The van der Waals surface area contributed by atoms with Crippen LogP contribution in [0.1, 0.15) is 6.42 Å². The first-order chi connectivity index (χ1) is 11.3. The molecule has 7 nitrogen and oxygen atoms in total. The van der Waals surface area contributed by atoms with Crippen LogP contribution in [-0.4, -0.2) is 53.4 Å². The van der Waals surface area contributed by atoms with Crippen LogP contribution < -0.4 is 5.32 Å². The zero-order valence-corrected chi connectivity index (χ0v) is 13.0. The van der Waals surface area contributed by atoms with Crippen molar-refractivity contribution in [3.8, 4) is 11.3 Å². The van der Waals surface area contributed by atoms with Crippen molar-refractivity contribution in [2.75, 3.05) is 20.3 Å². The van der Waals surface area contributed by atoms with Crippen LogP contribution in [0.3, 0.4) is 0 Å². The van der Waals surface area contributed by atoms with E-state index >= 15 is 0 Å². The molecule has 7 heteroatoms. The number of rotatable bonds is 5. The van der Waals surface area contributed by atoms with E-state index in [4.69, 9.17) is 9.47 Å². The van der Waals surface area contributed by atoms with Crippen molar-refractivity contribution in [1.82, 2.24) is 20.3 Å². The highest BCUT2D eigenvalue weighted by molar-refractivity contribution is 5.76. The van der Waals surface area contributed by atoms with Crippen LogP contribution in [0.15, 0.2) is 36.5 Å². The second kappa shape index (κ2) is 7.34. The van der Waals surface area contributed by atoms with Crippen molar-refractivity contribution in [1.29, 1.82) is 0 Å². The highest BCUT2D eigenvalue weighted by atomic mass is 16.5. The SMILES string of the molecule is CO[C@@H]1CCOC[C@H]1NC(=O)Cn1cc(-c2ccccc2)nn1. The lowest BCUT2D eigenvalue weighted by molar-refractivity contribution is -0.126. The fraction of sp³-hybridized carbons (Fsp3) is 0.438. The van der Waals surface area contributed by atoms with Crippen molar-refractivity contribution in [3.05, 3.63) is 36.5 Å². The summed E-state index contributed by atoms with van der Waals surface area (Å²) < 4.78 is 12.3. The normalized spacial score (nSPS) is 21.1. The molecule has 0 spiro atoms. The number of carbonyl (C=O) groups is 1. The highest BCUT2D eigenvalue weighted by Gasteiger charge is 2.27. The molecule has 0 saturated carbocycles. The molecule has 1 aliphatic rings. The van der Waals surface area contributed by atoms with Gasteiger partial charge in [0.15, 0.2) is 0 Å². The minimum Gasteiger partial charge on any atom is -0.379 e. The van der Waals surface area contributed by atoms with Crippen LogP contribution in [-0.2, 0) is 20.8 Å². The Kier molecular flexibility index (Phi) is 4.99. The van der Waals surface area contributed by atoms with E-state index in [1.165, 1.54) is 4.68 Å². The van der Waals surface area contributed by atoms with Gasteiger partial charge < -0.3 is 14.8 Å². The molecule has 1 aromatic heterocycles. The lowest BCUT2D eigenvalue weighted by Gasteiger charge is -2.30. The lowest BCUT2D eigenvalue weighted by atomic mass is 10.1. The molecule has 1 aromatic carbocycles. The third kappa shape index (κ3) is 3.94. The first kappa shape index (κ1) is 15.6. The van der Waals surface area contributed by atoms with E-state index in [-0.39, 0.29) is 24.6 Å². The maximum Gasteiger partial charge on any atom is 0.242 e. The largest absolute Gasteiger partial charge is 0.379 e. The number of aromatic nitrogens is 3. The lowest BCUT2D eigenvalue weighted by Crippen LogP contribution is -2.51. The van der Waals surface area contributed by atoms with Crippen LogP contribution >= 0.6 is 0 Å². The maximum absolute atomic E-state index is 12.2. The van der Waals surface area contributed by atoms with Crippen LogP contribution in [0.2, 0.25) is 0 Å². The average Bonchev–Trinajstić information content (AvgIpc) is 3.04. The quantitative estimate of drug-likeness (QED) is 0.885. The fourth-order valence-electron chi connectivity index (χ4n) is 2.65. The average molecular weight is 316 g/mol. The Labute approximate surface area is 134 Å². The molecule has 0 unspecified atom stereocenters. The van der Waals surface area contributed by atoms with E-state index in [1.807, 2.05) is 30.3 Å². The minimum atomic E-state index is -0.132. The molecule has 3 rings (SSSR count). The van der Waals surface area contributed by atoms with Gasteiger partial charge in [-0.1, -0.05) is 35.5 Å². The van der Waals surface area contributed by atoms with E-state index in [2.05, 4.69) is 15.6 Å². The molecule has 1 fully saturated rings. The van der Waals surface area contributed by atoms with Crippen molar-refractivity contribution in [2.24, 2.45) is 0 Å². The molecule has 1 aliphatic heterocycles. The van der Waals surface area contributed by atoms with Gasteiger partial charge in [-0.3, -0.25) is 4.79 Å². The van der Waals surface area contributed by atoms with Gasteiger partial charge in [0.05, 0.1) is 24.9 Å². The zero-order chi connectivity index (χ0) is 16.1. The third-order valence-corrected chi connectivity index (χ3v) is 3.86. The number of ether oxygens (including phenoxy) is 2. The van der Waals surface area contributed by atoms with Crippen LogP contribution in [0, 0.1) is 0 Å². The number of benzene rings is 1. The van der Waals surface area contributed by atoms with E-state index in [0.717, 1.165) is 17.7 Å². The van der Waals surface area contributed by atoms with Gasteiger partial charge in [-0.25, -0.2) is 4.68 Å². The van der Waals surface area contributed by atoms with Crippen molar-refractivity contribution >= 4 is 5.91 Å². The topological polar surface area (TPSA) is 78.3 Å². The molecule has 2 heterocycles. The maximum atomic E-state index is 12.2. The summed E-state index contributed by atoms with van der Waals surface area (Å²) in [4.78, 5) is 12.2. The van der Waals surface area contributed by atoms with Gasteiger partial charge in [0.25, 0.3) is 0 Å². The first-order valence-electron chi connectivity index (χ1n) is 7.61. The number of amides is 1. The number of hydrogen-bond acceptors (Lipinski definition) is 5. The predicted octanol–water partition coefficient (Wildman–Crippen LogP) is 0.865. The molecule has 1 N–H and O–H groups in total. The summed E-state index contributed by atoms with van der Waals surface area (Å²) in [7, 11) is 1.65. The van der Waals surface area contributed by atoms with E-state index < -0.39 is 0 Å². The third-order valence-electron chi connectivity index (χ3n) is 3.86. The van der Waals surface area contributed by atoms with Gasteiger partial charge in [-0.2, -0.15) is 0 Å². The molecule has 1 amide bonds. The van der Waals surface area contributed by atoms with Gasteiger partial charge >= 0.3 is 0 Å². The molecule has 0 bridgehead atoms. The molecular formula is C16H20N4O3. The van der Waals surface area contributed by atoms with E-state index in [9.17, 15) is 4.79 Å². The summed E-state index contributed by atoms with van der Waals surface area (Å²) in [5.41, 5.74) is 1.72. The summed E-state index contributed by atoms with van der Waals surface area (Å²) in [6, 6.07) is 9.61. The highest BCUT2D eigenvalue weighted by Crippen LogP contribution is 2.15. The van der Waals surface area contributed by atoms with Gasteiger partial charge in [-0.15, -0.1) is 5.10 Å². The Hall–Kier alpha value is -2.25. The monoisotopic (exact) mass is 316 g/mol. The summed E-state index contributed by atoms with van der Waals surface area (Å²) in [6.07, 6.45) is 2.53. The van der Waals surface area contributed by atoms with Crippen LogP contribution in [0.4, 0.5) is 0 Å². The molecule has 23 heavy (non-hydrogen) atoms. The summed E-state index contributed by atoms with van der Waals surface area (Å²) >= 11 is 0. The Morgan fingerprint density at radius 3 is 3.04 bits per heavy atom. The summed E-state index contributed by atoms with van der Waals surface area (Å²) in [5, 5.41) is 11.0. The summed E-state index contributed by atoms with van der Waals surface area (Å²) in [6.45, 7) is 1.25. The number of hydrogen-bond donors (Lipinski definition) is 1. The minimum absolute atomic E-state index is 0.0108. The van der Waals surface area contributed by atoms with Crippen LogP contribution in [0.5, 0.6) is 0 Å². The molecule has 0 aliphatic carbocycles. The Morgan fingerprint density at radius 2 is 2.26 bits per heavy atom. The van der Waals surface area contributed by atoms with Crippen molar-refractivity contribution < 1.29 is 14.3 Å². The molecule has 0 radical (unpaired) electrons. The summed E-state index contributed by atoms with van der Waals surface area (Å²) in [5.74, 6) is -0.132. The predicted molar refractivity (Wildman–Crippen MR) is 83.6 cm³/mol. The first-order valence-corrected chi connectivity index (χ1v) is 7.61. The molecule has 2 aromatic rings. The number of nitrogens with zero attached hydrogens (tertiary/aromatic N) is 3. The Balaban J connectivity index is 1.59. The Bertz CT molecular complexity index is 644. The van der Waals surface area contributed by atoms with Gasteiger partial charge in [0.1, 0.15) is 12.2 Å². The van der Waals surface area contributed by atoms with Gasteiger partial charge in [0, 0.05) is 19.3 Å². The number of carbonyl (C=O) groups excluding carboxylic acids is 1. The smallest absolute Gasteiger partial charge is 0.242 e. The zero-order valence-electron chi connectivity index (χ0n) is 13.0. The molecular weight excluding hydrogens is 296 g/mol. The van der Waals surface area contributed by atoms with Crippen molar-refractivity contribution in [2.45, 2.75) is 25.1 Å². The van der Waals surface area contributed by atoms with Gasteiger partial charge in [-0.05, 0) is 6.42 Å². The molecule has 1 saturated heterocycles.